The SMILES string of the molecule is CC(=O)SOc1cc(N)cc(-c2ccc(N)cc2)c1. The van der Waals surface area contributed by atoms with Gasteiger partial charge in [-0.05, 0) is 35.4 Å². The summed E-state index contributed by atoms with van der Waals surface area (Å²) in [5.41, 5.74) is 14.7. The van der Waals surface area contributed by atoms with Gasteiger partial charge in [-0.25, -0.2) is 0 Å². The minimum atomic E-state index is -0.114. The standard InChI is InChI=1S/C14H14N2O2S/c1-9(17)19-18-14-7-11(6-13(16)8-14)10-2-4-12(15)5-3-10/h2-8H,15-16H2,1H3. The van der Waals surface area contributed by atoms with E-state index in [4.69, 9.17) is 15.7 Å². The number of hydrogen-bond acceptors (Lipinski definition) is 5. The van der Waals surface area contributed by atoms with E-state index < -0.39 is 0 Å². The summed E-state index contributed by atoms with van der Waals surface area (Å²) in [5, 5.41) is -0.114. The van der Waals surface area contributed by atoms with E-state index in [-0.39, 0.29) is 5.12 Å². The average molecular weight is 274 g/mol. The zero-order valence-electron chi connectivity index (χ0n) is 10.4. The number of carbonyl (C=O) groups excluding carboxylic acids is 1. The van der Waals surface area contributed by atoms with Crippen molar-refractivity contribution in [3.05, 3.63) is 42.5 Å². The van der Waals surface area contributed by atoms with Crippen molar-refractivity contribution in [2.45, 2.75) is 6.92 Å². The van der Waals surface area contributed by atoms with Crippen LogP contribution in [-0.2, 0) is 4.79 Å². The summed E-state index contributed by atoms with van der Waals surface area (Å²) in [5.74, 6) is 0.548. The highest BCUT2D eigenvalue weighted by atomic mass is 32.2. The molecule has 5 heteroatoms. The van der Waals surface area contributed by atoms with Crippen LogP contribution in [-0.4, -0.2) is 5.12 Å². The first-order valence-corrected chi connectivity index (χ1v) is 6.40. The summed E-state index contributed by atoms with van der Waals surface area (Å²) in [7, 11) is 0. The second kappa shape index (κ2) is 5.67. The van der Waals surface area contributed by atoms with Crippen LogP contribution in [0.1, 0.15) is 6.92 Å². The van der Waals surface area contributed by atoms with Gasteiger partial charge in [0.25, 0.3) is 0 Å². The molecule has 0 bridgehead atoms. The Kier molecular flexibility index (Phi) is 3.97. The number of carbonyl (C=O) groups is 1. The summed E-state index contributed by atoms with van der Waals surface area (Å²) < 4.78 is 5.30. The second-order valence-corrected chi connectivity index (χ2v) is 4.98. The molecule has 19 heavy (non-hydrogen) atoms. The average Bonchev–Trinajstić information content (AvgIpc) is 2.36. The maximum Gasteiger partial charge on any atom is 0.224 e. The summed E-state index contributed by atoms with van der Waals surface area (Å²) in [6.07, 6.45) is 0. The first-order valence-electron chi connectivity index (χ1n) is 5.66. The van der Waals surface area contributed by atoms with E-state index in [0.29, 0.717) is 17.1 Å². The maximum atomic E-state index is 10.9. The van der Waals surface area contributed by atoms with Gasteiger partial charge in [-0.15, -0.1) is 0 Å². The van der Waals surface area contributed by atoms with Gasteiger partial charge >= 0.3 is 0 Å². The van der Waals surface area contributed by atoms with E-state index >= 15 is 0 Å². The molecule has 0 saturated heterocycles. The first kappa shape index (κ1) is 13.3. The highest BCUT2D eigenvalue weighted by molar-refractivity contribution is 8.09. The van der Waals surface area contributed by atoms with Crippen molar-refractivity contribution in [3.8, 4) is 16.9 Å². The molecule has 98 valence electrons. The first-order chi connectivity index (χ1) is 9.04. The van der Waals surface area contributed by atoms with E-state index in [1.807, 2.05) is 36.4 Å². The molecule has 0 atom stereocenters. The third-order valence-corrected chi connectivity index (χ3v) is 2.94. The quantitative estimate of drug-likeness (QED) is 0.664. The molecule has 0 heterocycles. The molecular formula is C14H14N2O2S. The Morgan fingerprint density at radius 1 is 1.00 bits per heavy atom. The van der Waals surface area contributed by atoms with E-state index in [1.165, 1.54) is 6.92 Å². The fourth-order valence-electron chi connectivity index (χ4n) is 1.62. The van der Waals surface area contributed by atoms with Crippen LogP contribution in [0.25, 0.3) is 11.1 Å². The van der Waals surface area contributed by atoms with Gasteiger partial charge in [0.05, 0.1) is 0 Å². The fourth-order valence-corrected chi connectivity index (χ4v) is 1.93. The molecule has 0 amide bonds. The van der Waals surface area contributed by atoms with Crippen molar-refractivity contribution >= 4 is 28.5 Å². The van der Waals surface area contributed by atoms with Gasteiger partial charge in [0.1, 0.15) is 17.8 Å². The Morgan fingerprint density at radius 3 is 2.32 bits per heavy atom. The number of nitrogens with two attached hydrogens (primary N) is 2. The van der Waals surface area contributed by atoms with E-state index in [0.717, 1.165) is 23.2 Å². The zero-order chi connectivity index (χ0) is 13.8. The summed E-state index contributed by atoms with van der Waals surface area (Å²) in [6.45, 7) is 1.44. The molecule has 2 aromatic carbocycles. The zero-order valence-corrected chi connectivity index (χ0v) is 11.2. The van der Waals surface area contributed by atoms with E-state index in [2.05, 4.69) is 0 Å². The van der Waals surface area contributed by atoms with Gasteiger partial charge in [0.15, 0.2) is 0 Å². The Bertz CT molecular complexity index is 597. The Hall–Kier alpha value is -2.14. The van der Waals surface area contributed by atoms with Crippen molar-refractivity contribution in [3.63, 3.8) is 0 Å². The lowest BCUT2D eigenvalue weighted by Gasteiger charge is -2.08. The van der Waals surface area contributed by atoms with Crippen molar-refractivity contribution in [2.75, 3.05) is 11.5 Å². The minimum Gasteiger partial charge on any atom is -0.418 e. The van der Waals surface area contributed by atoms with Crippen LogP contribution in [0.3, 0.4) is 0 Å². The van der Waals surface area contributed by atoms with Gasteiger partial charge in [-0.2, -0.15) is 0 Å². The maximum absolute atomic E-state index is 10.9. The molecule has 4 nitrogen and oxygen atoms in total. The van der Waals surface area contributed by atoms with Crippen LogP contribution < -0.4 is 15.7 Å². The summed E-state index contributed by atoms with van der Waals surface area (Å²) in [4.78, 5) is 10.9. The molecule has 0 radical (unpaired) electrons. The molecule has 2 aromatic rings. The number of hydrogen-bond donors (Lipinski definition) is 2. The predicted molar refractivity (Wildman–Crippen MR) is 79.6 cm³/mol. The van der Waals surface area contributed by atoms with Crippen LogP contribution in [0, 0.1) is 0 Å². The lowest BCUT2D eigenvalue weighted by Crippen LogP contribution is -1.92. The van der Waals surface area contributed by atoms with E-state index in [1.54, 1.807) is 6.07 Å². The Morgan fingerprint density at radius 2 is 1.68 bits per heavy atom. The van der Waals surface area contributed by atoms with Gasteiger partial charge in [0.2, 0.25) is 5.12 Å². The molecule has 0 aliphatic carbocycles. The smallest absolute Gasteiger partial charge is 0.224 e. The third-order valence-electron chi connectivity index (χ3n) is 2.43. The summed E-state index contributed by atoms with van der Waals surface area (Å²) >= 11 is 0.785. The molecule has 0 spiro atoms. The molecule has 0 unspecified atom stereocenters. The van der Waals surface area contributed by atoms with Crippen LogP contribution in [0.4, 0.5) is 11.4 Å². The number of rotatable bonds is 3. The number of anilines is 2. The van der Waals surface area contributed by atoms with Crippen LogP contribution in [0.5, 0.6) is 5.75 Å². The highest BCUT2D eigenvalue weighted by Gasteiger charge is 2.05. The number of benzene rings is 2. The van der Waals surface area contributed by atoms with Gasteiger partial charge in [-0.3, -0.25) is 4.79 Å². The fraction of sp³-hybridized carbons (Fsp3) is 0.0714. The van der Waals surface area contributed by atoms with Crippen molar-refractivity contribution in [1.82, 2.24) is 0 Å². The lowest BCUT2D eigenvalue weighted by molar-refractivity contribution is -0.109. The Balaban J connectivity index is 2.30. The van der Waals surface area contributed by atoms with Crippen LogP contribution >= 0.6 is 12.0 Å². The molecule has 0 fully saturated rings. The predicted octanol–water partition coefficient (Wildman–Crippen LogP) is 3.09. The van der Waals surface area contributed by atoms with E-state index in [9.17, 15) is 4.79 Å². The molecule has 0 aliphatic heterocycles. The van der Waals surface area contributed by atoms with Crippen molar-refractivity contribution in [1.29, 1.82) is 0 Å². The van der Waals surface area contributed by atoms with Crippen molar-refractivity contribution < 1.29 is 8.98 Å². The highest BCUT2D eigenvalue weighted by Crippen LogP contribution is 2.29. The molecular weight excluding hydrogens is 260 g/mol. The largest absolute Gasteiger partial charge is 0.418 e. The number of nitrogen functional groups attached to an aromatic ring is 2. The molecule has 2 rings (SSSR count). The third kappa shape index (κ3) is 3.66. The summed E-state index contributed by atoms with van der Waals surface area (Å²) in [6, 6.07) is 12.8. The Labute approximate surface area is 116 Å². The van der Waals surface area contributed by atoms with Crippen LogP contribution in [0.15, 0.2) is 42.5 Å². The van der Waals surface area contributed by atoms with Gasteiger partial charge in [0, 0.05) is 24.4 Å². The normalized spacial score (nSPS) is 10.2. The van der Waals surface area contributed by atoms with Crippen molar-refractivity contribution in [2.24, 2.45) is 0 Å². The van der Waals surface area contributed by atoms with Gasteiger partial charge in [-0.1, -0.05) is 12.1 Å². The topological polar surface area (TPSA) is 78.3 Å². The van der Waals surface area contributed by atoms with Gasteiger partial charge < -0.3 is 15.7 Å². The monoisotopic (exact) mass is 274 g/mol. The minimum absolute atomic E-state index is 0.114. The molecule has 4 N–H and O–H groups in total. The lowest BCUT2D eigenvalue weighted by atomic mass is 10.0. The molecule has 0 aliphatic rings. The molecule has 0 aromatic heterocycles. The second-order valence-electron chi connectivity index (χ2n) is 4.07. The van der Waals surface area contributed by atoms with Crippen LogP contribution in [0.2, 0.25) is 0 Å². The molecule has 0 saturated carbocycles.